The predicted octanol–water partition coefficient (Wildman–Crippen LogP) is 3.07. The van der Waals surface area contributed by atoms with E-state index in [0.29, 0.717) is 11.7 Å². The molecule has 108 valence electrons. The summed E-state index contributed by atoms with van der Waals surface area (Å²) in [7, 11) is 0. The number of nitrogens with zero attached hydrogens (tertiary/aromatic N) is 1. The molecule has 0 aliphatic heterocycles. The molecule has 0 radical (unpaired) electrons. The second kappa shape index (κ2) is 7.38. The quantitative estimate of drug-likeness (QED) is 0.911. The van der Waals surface area contributed by atoms with Gasteiger partial charge in [0, 0.05) is 23.4 Å². The SMILES string of the molecule is Cc1ccccc1-c1csc(NC(=O)C(C)CN)n1.Cl. The molecule has 1 atom stereocenters. The van der Waals surface area contributed by atoms with E-state index in [2.05, 4.69) is 10.3 Å². The molecule has 20 heavy (non-hydrogen) atoms. The van der Waals surface area contributed by atoms with Gasteiger partial charge in [-0.15, -0.1) is 23.7 Å². The number of amides is 1. The first-order valence-corrected chi connectivity index (χ1v) is 7.02. The molecular weight excluding hydrogens is 294 g/mol. The molecule has 1 aromatic heterocycles. The van der Waals surface area contributed by atoms with Crippen molar-refractivity contribution < 1.29 is 4.79 Å². The van der Waals surface area contributed by atoms with Gasteiger partial charge in [-0.3, -0.25) is 4.79 Å². The molecule has 1 heterocycles. The van der Waals surface area contributed by atoms with E-state index in [-0.39, 0.29) is 24.2 Å². The van der Waals surface area contributed by atoms with Crippen LogP contribution in [0.5, 0.6) is 0 Å². The molecule has 2 rings (SSSR count). The Morgan fingerprint density at radius 1 is 1.45 bits per heavy atom. The molecule has 0 saturated carbocycles. The van der Waals surface area contributed by atoms with Gasteiger partial charge in [0.1, 0.15) is 0 Å². The van der Waals surface area contributed by atoms with Crippen molar-refractivity contribution in [1.29, 1.82) is 0 Å². The van der Waals surface area contributed by atoms with Gasteiger partial charge >= 0.3 is 0 Å². The molecule has 0 spiro atoms. The number of benzene rings is 1. The maximum Gasteiger partial charge on any atom is 0.230 e. The fourth-order valence-corrected chi connectivity index (χ4v) is 2.36. The summed E-state index contributed by atoms with van der Waals surface area (Å²) in [6.07, 6.45) is 0. The minimum Gasteiger partial charge on any atom is -0.330 e. The number of hydrogen-bond acceptors (Lipinski definition) is 4. The van der Waals surface area contributed by atoms with E-state index in [1.165, 1.54) is 16.9 Å². The largest absolute Gasteiger partial charge is 0.330 e. The van der Waals surface area contributed by atoms with Crippen LogP contribution in [0.4, 0.5) is 5.13 Å². The molecular formula is C14H18ClN3OS. The average Bonchev–Trinajstić information content (AvgIpc) is 2.86. The number of halogens is 1. The smallest absolute Gasteiger partial charge is 0.230 e. The van der Waals surface area contributed by atoms with Crippen molar-refractivity contribution in [3.05, 3.63) is 35.2 Å². The standard InChI is InChI=1S/C14H17N3OS.ClH/c1-9-5-3-4-6-11(9)12-8-19-14(16-12)17-13(18)10(2)7-15;/h3-6,8,10H,7,15H2,1-2H3,(H,16,17,18);1H. The lowest BCUT2D eigenvalue weighted by Gasteiger charge is -2.06. The first-order valence-electron chi connectivity index (χ1n) is 6.14. The van der Waals surface area contributed by atoms with Crippen LogP contribution in [-0.2, 0) is 4.79 Å². The zero-order valence-corrected chi connectivity index (χ0v) is 13.1. The maximum absolute atomic E-state index is 11.7. The lowest BCUT2D eigenvalue weighted by Crippen LogP contribution is -2.26. The fourth-order valence-electron chi connectivity index (χ4n) is 1.65. The number of aromatic nitrogens is 1. The van der Waals surface area contributed by atoms with Crippen molar-refractivity contribution in [1.82, 2.24) is 4.98 Å². The minimum atomic E-state index is -0.203. The molecule has 0 bridgehead atoms. The lowest BCUT2D eigenvalue weighted by atomic mass is 10.1. The monoisotopic (exact) mass is 311 g/mol. The number of carbonyl (C=O) groups excluding carboxylic acids is 1. The van der Waals surface area contributed by atoms with Crippen LogP contribution in [0.3, 0.4) is 0 Å². The van der Waals surface area contributed by atoms with E-state index < -0.39 is 0 Å². The second-order valence-corrected chi connectivity index (χ2v) is 5.34. The maximum atomic E-state index is 11.7. The summed E-state index contributed by atoms with van der Waals surface area (Å²) in [5, 5.41) is 5.35. The summed E-state index contributed by atoms with van der Waals surface area (Å²) in [4.78, 5) is 16.2. The number of hydrogen-bond donors (Lipinski definition) is 2. The lowest BCUT2D eigenvalue weighted by molar-refractivity contribution is -0.119. The Balaban J connectivity index is 0.00000200. The van der Waals surface area contributed by atoms with Crippen LogP contribution in [0.1, 0.15) is 12.5 Å². The van der Waals surface area contributed by atoms with E-state index in [1.54, 1.807) is 6.92 Å². The number of nitrogens with two attached hydrogens (primary N) is 1. The summed E-state index contributed by atoms with van der Waals surface area (Å²) in [5.74, 6) is -0.293. The highest BCUT2D eigenvalue weighted by Gasteiger charge is 2.13. The summed E-state index contributed by atoms with van der Waals surface area (Å²) in [6, 6.07) is 8.05. The van der Waals surface area contributed by atoms with Crippen molar-refractivity contribution in [2.24, 2.45) is 11.7 Å². The summed E-state index contributed by atoms with van der Waals surface area (Å²) < 4.78 is 0. The molecule has 4 nitrogen and oxygen atoms in total. The number of rotatable bonds is 4. The Labute approximate surface area is 128 Å². The third kappa shape index (κ3) is 3.79. The molecule has 1 amide bonds. The Morgan fingerprint density at radius 2 is 2.15 bits per heavy atom. The Kier molecular flexibility index (Phi) is 6.13. The van der Waals surface area contributed by atoms with Crippen LogP contribution in [0.2, 0.25) is 0 Å². The van der Waals surface area contributed by atoms with Crippen molar-refractivity contribution in [3.8, 4) is 11.3 Å². The molecule has 0 saturated heterocycles. The van der Waals surface area contributed by atoms with Crippen LogP contribution in [0.15, 0.2) is 29.6 Å². The molecule has 2 aromatic rings. The van der Waals surface area contributed by atoms with E-state index in [0.717, 1.165) is 11.3 Å². The predicted molar refractivity (Wildman–Crippen MR) is 86.4 cm³/mol. The van der Waals surface area contributed by atoms with Crippen LogP contribution in [0.25, 0.3) is 11.3 Å². The van der Waals surface area contributed by atoms with Gasteiger partial charge in [-0.1, -0.05) is 31.2 Å². The Hall–Kier alpha value is -1.43. The van der Waals surface area contributed by atoms with Gasteiger partial charge in [-0.05, 0) is 12.5 Å². The van der Waals surface area contributed by atoms with E-state index in [9.17, 15) is 4.79 Å². The molecule has 0 fully saturated rings. The van der Waals surface area contributed by atoms with Crippen molar-refractivity contribution >= 4 is 34.8 Å². The third-order valence-corrected chi connectivity index (χ3v) is 3.71. The van der Waals surface area contributed by atoms with Crippen molar-refractivity contribution in [2.75, 3.05) is 11.9 Å². The van der Waals surface area contributed by atoms with Gasteiger partial charge in [0.25, 0.3) is 0 Å². The molecule has 1 unspecified atom stereocenters. The van der Waals surface area contributed by atoms with E-state index >= 15 is 0 Å². The van der Waals surface area contributed by atoms with Crippen molar-refractivity contribution in [3.63, 3.8) is 0 Å². The highest BCUT2D eigenvalue weighted by atomic mass is 35.5. The van der Waals surface area contributed by atoms with Gasteiger partial charge in [0.2, 0.25) is 5.91 Å². The molecule has 1 aromatic carbocycles. The van der Waals surface area contributed by atoms with Gasteiger partial charge < -0.3 is 11.1 Å². The van der Waals surface area contributed by atoms with Crippen LogP contribution in [-0.4, -0.2) is 17.4 Å². The first-order chi connectivity index (χ1) is 9.11. The third-order valence-electron chi connectivity index (χ3n) is 2.96. The number of anilines is 1. The topological polar surface area (TPSA) is 68.0 Å². The van der Waals surface area contributed by atoms with Crippen molar-refractivity contribution in [2.45, 2.75) is 13.8 Å². The number of nitrogens with one attached hydrogen (secondary N) is 1. The van der Waals surface area contributed by atoms with E-state index in [4.69, 9.17) is 5.73 Å². The second-order valence-electron chi connectivity index (χ2n) is 4.48. The summed E-state index contributed by atoms with van der Waals surface area (Å²) >= 11 is 1.43. The highest BCUT2D eigenvalue weighted by molar-refractivity contribution is 7.14. The van der Waals surface area contributed by atoms with Gasteiger partial charge in [0.15, 0.2) is 5.13 Å². The first kappa shape index (κ1) is 16.6. The van der Waals surface area contributed by atoms with Crippen LogP contribution < -0.4 is 11.1 Å². The van der Waals surface area contributed by atoms with E-state index in [1.807, 2.05) is 36.6 Å². The normalized spacial score (nSPS) is 11.6. The number of thiazole rings is 1. The molecule has 0 aliphatic rings. The fraction of sp³-hybridized carbons (Fsp3) is 0.286. The van der Waals surface area contributed by atoms with Crippen LogP contribution in [0, 0.1) is 12.8 Å². The minimum absolute atomic E-state index is 0. The number of carbonyl (C=O) groups is 1. The Morgan fingerprint density at radius 3 is 2.80 bits per heavy atom. The summed E-state index contributed by atoms with van der Waals surface area (Å²) in [6.45, 7) is 4.18. The Bertz CT molecular complexity index is 585. The zero-order chi connectivity index (χ0) is 13.8. The van der Waals surface area contributed by atoms with Gasteiger partial charge in [0.05, 0.1) is 5.69 Å². The summed E-state index contributed by atoms with van der Waals surface area (Å²) in [5.41, 5.74) is 8.61. The van der Waals surface area contributed by atoms with Gasteiger partial charge in [-0.2, -0.15) is 0 Å². The zero-order valence-electron chi connectivity index (χ0n) is 11.4. The average molecular weight is 312 g/mol. The number of aryl methyl sites for hydroxylation is 1. The molecule has 3 N–H and O–H groups in total. The molecule has 6 heteroatoms. The van der Waals surface area contributed by atoms with Crippen LogP contribution >= 0.6 is 23.7 Å². The van der Waals surface area contributed by atoms with Gasteiger partial charge in [-0.25, -0.2) is 4.98 Å². The highest BCUT2D eigenvalue weighted by Crippen LogP contribution is 2.27. The molecule has 0 aliphatic carbocycles.